The van der Waals surface area contributed by atoms with E-state index in [9.17, 15) is 21.6 Å². The molecule has 1 aromatic carbocycles. The molecule has 0 aliphatic heterocycles. The van der Waals surface area contributed by atoms with Crippen molar-refractivity contribution >= 4 is 27.5 Å². The summed E-state index contributed by atoms with van der Waals surface area (Å²) in [6.45, 7) is -0.216. The van der Waals surface area contributed by atoms with Crippen LogP contribution in [0.25, 0.3) is 0 Å². The van der Waals surface area contributed by atoms with Crippen LogP contribution in [0.5, 0.6) is 5.75 Å². The molecule has 0 saturated heterocycles. The highest BCUT2D eigenvalue weighted by Crippen LogP contribution is 2.37. The van der Waals surface area contributed by atoms with Gasteiger partial charge in [-0.3, -0.25) is 9.29 Å². The molecule has 1 heterocycles. The lowest BCUT2D eigenvalue weighted by Gasteiger charge is -2.25. The fourth-order valence-corrected chi connectivity index (χ4v) is 3.36. The Kier molecular flexibility index (Phi) is 5.83. The topological polar surface area (TPSA) is 59.5 Å². The summed E-state index contributed by atoms with van der Waals surface area (Å²) < 4.78 is 67.4. The van der Waals surface area contributed by atoms with Crippen LogP contribution >= 0.6 is 11.8 Å². The second-order valence-corrected chi connectivity index (χ2v) is 7.76. The Morgan fingerprint density at radius 1 is 1.24 bits per heavy atom. The van der Waals surface area contributed by atoms with E-state index in [2.05, 4.69) is 9.72 Å². The number of halogens is 3. The SMILES string of the molecule is CSc1ccc(N(Cc2ccccn2)S(C)(=O)=O)c(OC(F)(F)F)c1. The maximum Gasteiger partial charge on any atom is 0.573 e. The van der Waals surface area contributed by atoms with Gasteiger partial charge in [-0.25, -0.2) is 8.42 Å². The Morgan fingerprint density at radius 3 is 2.48 bits per heavy atom. The van der Waals surface area contributed by atoms with Gasteiger partial charge in [0.15, 0.2) is 5.75 Å². The maximum atomic E-state index is 12.7. The van der Waals surface area contributed by atoms with Crippen LogP contribution in [0.4, 0.5) is 18.9 Å². The minimum Gasteiger partial charge on any atom is -0.403 e. The number of aromatic nitrogens is 1. The van der Waals surface area contributed by atoms with Gasteiger partial charge >= 0.3 is 6.36 Å². The molecule has 0 aliphatic rings. The largest absolute Gasteiger partial charge is 0.573 e. The first-order valence-electron chi connectivity index (χ1n) is 6.91. The second-order valence-electron chi connectivity index (χ2n) is 4.97. The van der Waals surface area contributed by atoms with Crippen LogP contribution in [0.1, 0.15) is 5.69 Å². The zero-order valence-corrected chi connectivity index (χ0v) is 15.0. The average molecular weight is 392 g/mol. The minimum atomic E-state index is -4.94. The van der Waals surface area contributed by atoms with Crippen LogP contribution in [0.3, 0.4) is 0 Å². The van der Waals surface area contributed by atoms with Crippen LogP contribution in [-0.2, 0) is 16.6 Å². The first kappa shape index (κ1) is 19.4. The van der Waals surface area contributed by atoms with Gasteiger partial charge in [0, 0.05) is 11.1 Å². The third kappa shape index (κ3) is 5.53. The van der Waals surface area contributed by atoms with Gasteiger partial charge in [0.05, 0.1) is 24.2 Å². The van der Waals surface area contributed by atoms with Crippen molar-refractivity contribution in [2.75, 3.05) is 16.8 Å². The molecule has 0 aliphatic carbocycles. The first-order valence-corrected chi connectivity index (χ1v) is 9.99. The molecule has 0 radical (unpaired) electrons. The number of ether oxygens (including phenoxy) is 1. The summed E-state index contributed by atoms with van der Waals surface area (Å²) in [7, 11) is -3.87. The van der Waals surface area contributed by atoms with Crippen molar-refractivity contribution < 1.29 is 26.3 Å². The van der Waals surface area contributed by atoms with E-state index in [-0.39, 0.29) is 12.2 Å². The molecule has 5 nitrogen and oxygen atoms in total. The Bertz CT molecular complexity index is 828. The highest BCUT2D eigenvalue weighted by atomic mass is 32.2. The summed E-state index contributed by atoms with van der Waals surface area (Å²) in [5.74, 6) is -0.583. The number of benzene rings is 1. The van der Waals surface area contributed by atoms with Gasteiger partial charge in [-0.1, -0.05) is 6.07 Å². The van der Waals surface area contributed by atoms with E-state index in [1.807, 2.05) is 0 Å². The Hall–Kier alpha value is -1.94. The average Bonchev–Trinajstić information content (AvgIpc) is 2.51. The normalized spacial score (nSPS) is 12.0. The molecule has 0 unspecified atom stereocenters. The zero-order chi connectivity index (χ0) is 18.7. The number of alkyl halides is 3. The van der Waals surface area contributed by atoms with Gasteiger partial charge in [0.1, 0.15) is 0 Å². The summed E-state index contributed by atoms with van der Waals surface area (Å²) in [4.78, 5) is 4.53. The second kappa shape index (κ2) is 7.52. The molecular formula is C15H15F3N2O3S2. The minimum absolute atomic E-state index is 0.205. The molecule has 0 atom stereocenters. The van der Waals surface area contributed by atoms with Crippen molar-refractivity contribution in [1.29, 1.82) is 0 Å². The molecule has 1 aromatic heterocycles. The molecule has 136 valence electrons. The predicted octanol–water partition coefficient (Wildman–Crippen LogP) is 3.67. The quantitative estimate of drug-likeness (QED) is 0.702. The van der Waals surface area contributed by atoms with E-state index < -0.39 is 22.1 Å². The van der Waals surface area contributed by atoms with E-state index in [4.69, 9.17) is 0 Å². The van der Waals surface area contributed by atoms with Gasteiger partial charge < -0.3 is 4.74 Å². The van der Waals surface area contributed by atoms with Crippen molar-refractivity contribution in [1.82, 2.24) is 4.98 Å². The summed E-state index contributed by atoms with van der Waals surface area (Å²) in [6.07, 6.45) is -0.871. The number of hydrogen-bond acceptors (Lipinski definition) is 5. The van der Waals surface area contributed by atoms with Crippen LogP contribution in [0, 0.1) is 0 Å². The molecule has 25 heavy (non-hydrogen) atoms. The summed E-state index contributed by atoms with van der Waals surface area (Å²) in [5, 5.41) is 0. The summed E-state index contributed by atoms with van der Waals surface area (Å²) in [5.41, 5.74) is 0.183. The fourth-order valence-electron chi connectivity index (χ4n) is 2.05. The Balaban J connectivity index is 2.52. The van der Waals surface area contributed by atoms with E-state index in [1.165, 1.54) is 30.1 Å². The lowest BCUT2D eigenvalue weighted by Crippen LogP contribution is -2.31. The molecule has 0 amide bonds. The Labute approximate surface area is 147 Å². The van der Waals surface area contributed by atoms with E-state index in [1.54, 1.807) is 24.5 Å². The number of thioether (sulfide) groups is 1. The molecule has 0 spiro atoms. The number of rotatable bonds is 6. The van der Waals surface area contributed by atoms with Gasteiger partial charge in [-0.15, -0.1) is 24.9 Å². The lowest BCUT2D eigenvalue weighted by molar-refractivity contribution is -0.274. The molecule has 0 bridgehead atoms. The first-order chi connectivity index (χ1) is 11.6. The van der Waals surface area contributed by atoms with Crippen molar-refractivity contribution in [3.63, 3.8) is 0 Å². The van der Waals surface area contributed by atoms with Crippen molar-refractivity contribution in [3.8, 4) is 5.75 Å². The molecule has 2 rings (SSSR count). The van der Waals surface area contributed by atoms with Gasteiger partial charge in [-0.2, -0.15) is 0 Å². The Morgan fingerprint density at radius 2 is 1.96 bits per heavy atom. The van der Waals surface area contributed by atoms with E-state index in [0.717, 1.165) is 16.6 Å². The van der Waals surface area contributed by atoms with Gasteiger partial charge in [-0.05, 0) is 36.6 Å². The zero-order valence-electron chi connectivity index (χ0n) is 13.3. The van der Waals surface area contributed by atoms with Crippen molar-refractivity contribution in [2.24, 2.45) is 0 Å². The van der Waals surface area contributed by atoms with E-state index in [0.29, 0.717) is 10.6 Å². The molecular weight excluding hydrogens is 377 g/mol. The summed E-state index contributed by atoms with van der Waals surface area (Å²) in [6, 6.07) is 8.87. The third-order valence-corrected chi connectivity index (χ3v) is 4.95. The van der Waals surface area contributed by atoms with Crippen molar-refractivity contribution in [3.05, 3.63) is 48.3 Å². The fraction of sp³-hybridized carbons (Fsp3) is 0.267. The number of hydrogen-bond donors (Lipinski definition) is 0. The monoisotopic (exact) mass is 392 g/mol. The summed E-state index contributed by atoms with van der Waals surface area (Å²) >= 11 is 1.21. The number of anilines is 1. The number of pyridine rings is 1. The maximum absolute atomic E-state index is 12.7. The predicted molar refractivity (Wildman–Crippen MR) is 90.2 cm³/mol. The van der Waals surface area contributed by atoms with Crippen molar-refractivity contribution in [2.45, 2.75) is 17.8 Å². The van der Waals surface area contributed by atoms with Gasteiger partial charge in [0.25, 0.3) is 0 Å². The van der Waals surface area contributed by atoms with Crippen LogP contribution in [-0.4, -0.2) is 32.3 Å². The lowest BCUT2D eigenvalue weighted by atomic mass is 10.2. The van der Waals surface area contributed by atoms with E-state index >= 15 is 0 Å². The standard InChI is InChI=1S/C15H15F3N2O3S2/c1-24-12-6-7-13(14(9-12)23-15(16,17)18)20(25(2,21)22)10-11-5-3-4-8-19-11/h3-9H,10H2,1-2H3. The highest BCUT2D eigenvalue weighted by molar-refractivity contribution is 7.98. The molecule has 10 heteroatoms. The molecule has 0 N–H and O–H groups in total. The van der Waals surface area contributed by atoms with Crippen LogP contribution < -0.4 is 9.04 Å². The van der Waals surface area contributed by atoms with Crippen LogP contribution in [0.2, 0.25) is 0 Å². The third-order valence-electron chi connectivity index (χ3n) is 3.09. The van der Waals surface area contributed by atoms with Gasteiger partial charge in [0.2, 0.25) is 10.0 Å². The highest BCUT2D eigenvalue weighted by Gasteiger charge is 2.34. The molecule has 0 saturated carbocycles. The number of nitrogens with zero attached hydrogens (tertiary/aromatic N) is 2. The molecule has 0 fully saturated rings. The van der Waals surface area contributed by atoms with Crippen LogP contribution in [0.15, 0.2) is 47.5 Å². The molecule has 2 aromatic rings. The number of sulfonamides is 1. The smallest absolute Gasteiger partial charge is 0.403 e.